The normalized spacial score (nSPS) is 27.2. The Kier molecular flexibility index (Phi) is 17.4. The van der Waals surface area contributed by atoms with Crippen molar-refractivity contribution in [3.05, 3.63) is 29.3 Å². The lowest BCUT2D eigenvalue weighted by molar-refractivity contribution is -0.284. The van der Waals surface area contributed by atoms with Crippen molar-refractivity contribution in [2.45, 2.75) is 172 Å². The van der Waals surface area contributed by atoms with Gasteiger partial charge >= 0.3 is 12.1 Å². The van der Waals surface area contributed by atoms with Crippen LogP contribution in [0, 0.1) is 23.2 Å². The molecule has 0 spiro atoms. The van der Waals surface area contributed by atoms with Gasteiger partial charge in [0, 0.05) is 51.0 Å². The molecule has 1 aromatic rings. The molecule has 0 bridgehead atoms. The van der Waals surface area contributed by atoms with Crippen LogP contribution < -0.4 is 0 Å². The molecule has 8 atom stereocenters. The van der Waals surface area contributed by atoms with E-state index in [-0.39, 0.29) is 17.3 Å². The number of hydrogen-bond acceptors (Lipinski definition) is 4. The summed E-state index contributed by atoms with van der Waals surface area (Å²) in [4.78, 5) is 0. The molecule has 0 aliphatic heterocycles. The summed E-state index contributed by atoms with van der Waals surface area (Å²) in [6, 6.07) is 6.03. The lowest BCUT2D eigenvalue weighted by Gasteiger charge is -2.53. The van der Waals surface area contributed by atoms with Crippen molar-refractivity contribution in [2.24, 2.45) is 23.2 Å². The Morgan fingerprint density at radius 3 is 1.81 bits per heavy atom. The summed E-state index contributed by atoms with van der Waals surface area (Å²) >= 11 is 0. The van der Waals surface area contributed by atoms with Gasteiger partial charge in [-0.15, -0.1) is 0 Å². The maximum absolute atomic E-state index is 12.9. The van der Waals surface area contributed by atoms with E-state index in [0.717, 1.165) is 95.0 Å². The van der Waals surface area contributed by atoms with Crippen LogP contribution in [-0.2, 0) is 28.0 Å². The van der Waals surface area contributed by atoms with Crippen LogP contribution in [0.15, 0.2) is 18.2 Å². The molecule has 3 aliphatic rings. The summed E-state index contributed by atoms with van der Waals surface area (Å²) < 4.78 is 86.8. The van der Waals surface area contributed by atoms with Gasteiger partial charge in [-0.25, -0.2) is 0 Å². The molecular weight excluding hydrogens is 716 g/mol. The van der Waals surface area contributed by atoms with Crippen molar-refractivity contribution in [3.63, 3.8) is 0 Å². The van der Waals surface area contributed by atoms with Crippen LogP contribution >= 0.6 is 0 Å². The predicted molar refractivity (Wildman–Crippen MR) is 203 cm³/mol. The fraction of sp³-hybridized carbons (Fsp3) is 0.854. The summed E-state index contributed by atoms with van der Waals surface area (Å²) in [6.07, 6.45) is 14.0. The van der Waals surface area contributed by atoms with E-state index < -0.39 is 46.5 Å². The number of phenols is 1. The summed E-state index contributed by atoms with van der Waals surface area (Å²) in [5.41, 5.74) is 2.85. The summed E-state index contributed by atoms with van der Waals surface area (Å²) in [6.45, 7) is 2.34. The van der Waals surface area contributed by atoms with E-state index >= 15 is 0 Å². The van der Waals surface area contributed by atoms with Crippen molar-refractivity contribution in [1.29, 1.82) is 0 Å². The van der Waals surface area contributed by atoms with Crippen LogP contribution in [0.25, 0.3) is 0 Å². The van der Waals surface area contributed by atoms with E-state index in [1.165, 1.54) is 49.7 Å². The number of fused-ring (bicyclic) bond motifs is 5. The maximum Gasteiger partial charge on any atom is 0.453 e. The van der Waals surface area contributed by atoms with Gasteiger partial charge in [-0.3, -0.25) is 8.42 Å². The zero-order valence-corrected chi connectivity index (χ0v) is 33.1. The van der Waals surface area contributed by atoms with Crippen molar-refractivity contribution in [2.75, 3.05) is 23.0 Å². The number of alkyl halides is 5. The van der Waals surface area contributed by atoms with Gasteiger partial charge in [-0.1, -0.05) is 83.6 Å². The second-order valence-electron chi connectivity index (χ2n) is 16.5. The molecule has 2 N–H and O–H groups in total. The Morgan fingerprint density at radius 2 is 1.25 bits per heavy atom. The minimum Gasteiger partial charge on any atom is -0.508 e. The van der Waals surface area contributed by atoms with Crippen LogP contribution in [0.2, 0.25) is 0 Å². The molecule has 2 saturated carbocycles. The lowest BCUT2D eigenvalue weighted by atomic mass is 9.52. The molecule has 3 aliphatic carbocycles. The molecule has 300 valence electrons. The Labute approximate surface area is 314 Å². The van der Waals surface area contributed by atoms with E-state index in [2.05, 4.69) is 13.0 Å². The average Bonchev–Trinajstić information content (AvgIpc) is 3.39. The minimum absolute atomic E-state index is 0.0551. The fourth-order valence-corrected chi connectivity index (χ4v) is 12.2. The third-order valence-electron chi connectivity index (χ3n) is 12.8. The standard InChI is InChI=1S/C41H65F5O4S2/c1-39-24-22-35-34-19-18-33(47)30-32(34)29-31(38(35)36(39)20-21-37(39)48)17-12-8-4-2-5-9-13-25-51(49)26-14-10-6-3-7-11-15-27-52(50)28-16-23-40(42,43)41(44,45)46/h18-19,30-31,35-38,47-48H,2-17,20-29H2,1H3/t31?,35-,36+,37+,38-,39+,51?,52?/m1/s1. The molecule has 2 fully saturated rings. The van der Waals surface area contributed by atoms with Gasteiger partial charge in [0.25, 0.3) is 0 Å². The van der Waals surface area contributed by atoms with Crippen molar-refractivity contribution < 1.29 is 40.6 Å². The third-order valence-corrected chi connectivity index (χ3v) is 15.8. The van der Waals surface area contributed by atoms with E-state index in [1.54, 1.807) is 0 Å². The Balaban J connectivity index is 0.971. The van der Waals surface area contributed by atoms with E-state index in [1.807, 2.05) is 12.1 Å². The Hall–Kier alpha value is -1.07. The molecule has 0 aromatic heterocycles. The van der Waals surface area contributed by atoms with Gasteiger partial charge in [-0.05, 0) is 117 Å². The summed E-state index contributed by atoms with van der Waals surface area (Å²) in [7, 11) is -2.13. The number of aliphatic hydroxyl groups is 1. The number of unbranched alkanes of at least 4 members (excludes halogenated alkanes) is 12. The molecule has 0 saturated heterocycles. The second kappa shape index (κ2) is 20.7. The van der Waals surface area contributed by atoms with Crippen LogP contribution in [-0.4, -0.2) is 59.8 Å². The molecule has 0 amide bonds. The summed E-state index contributed by atoms with van der Waals surface area (Å²) in [5, 5.41) is 21.1. The van der Waals surface area contributed by atoms with Gasteiger partial charge in [0.15, 0.2) is 0 Å². The number of phenolic OH excluding ortho intramolecular Hbond substituents is 1. The number of benzene rings is 1. The second-order valence-corrected chi connectivity index (χ2v) is 19.9. The first-order chi connectivity index (χ1) is 24.7. The minimum atomic E-state index is -5.55. The zero-order valence-electron chi connectivity index (χ0n) is 31.4. The van der Waals surface area contributed by atoms with Crippen LogP contribution in [0.1, 0.15) is 159 Å². The van der Waals surface area contributed by atoms with Gasteiger partial charge in [0.2, 0.25) is 0 Å². The highest BCUT2D eigenvalue weighted by Gasteiger charge is 2.57. The first-order valence-electron chi connectivity index (χ1n) is 20.4. The Bertz CT molecular complexity index is 1280. The van der Waals surface area contributed by atoms with Crippen molar-refractivity contribution in [3.8, 4) is 5.75 Å². The van der Waals surface area contributed by atoms with E-state index in [4.69, 9.17) is 0 Å². The quantitative estimate of drug-likeness (QED) is 0.0809. The topological polar surface area (TPSA) is 74.6 Å². The van der Waals surface area contributed by atoms with Crippen molar-refractivity contribution >= 4 is 21.6 Å². The largest absolute Gasteiger partial charge is 0.508 e. The van der Waals surface area contributed by atoms with Gasteiger partial charge in [-0.2, -0.15) is 22.0 Å². The van der Waals surface area contributed by atoms with Gasteiger partial charge < -0.3 is 10.2 Å². The molecule has 11 heteroatoms. The molecule has 4 nitrogen and oxygen atoms in total. The monoisotopic (exact) mass is 780 g/mol. The molecule has 0 radical (unpaired) electrons. The molecule has 3 unspecified atom stereocenters. The predicted octanol–water partition coefficient (Wildman–Crippen LogP) is 11.2. The fourth-order valence-electron chi connectivity index (χ4n) is 9.80. The van der Waals surface area contributed by atoms with Crippen LogP contribution in [0.3, 0.4) is 0 Å². The lowest BCUT2D eigenvalue weighted by Crippen LogP contribution is -2.47. The summed E-state index contributed by atoms with van der Waals surface area (Å²) in [5.74, 6) is -0.187. The third kappa shape index (κ3) is 12.5. The van der Waals surface area contributed by atoms with Crippen LogP contribution in [0.5, 0.6) is 5.75 Å². The SMILES string of the molecule is C[C@]12CC[C@@H]3c4ccc(O)cc4CC(CCCCCCCCCS(=O)CCCCCCCCCS(=O)CCCC(F)(F)C(F)(F)F)[C@H]3[C@@H]1CC[C@@H]2O. The molecule has 1 aromatic carbocycles. The highest BCUT2D eigenvalue weighted by Crippen LogP contribution is 2.62. The molecule has 52 heavy (non-hydrogen) atoms. The molecule has 4 rings (SSSR count). The molecular formula is C41H65F5O4S2. The van der Waals surface area contributed by atoms with Crippen LogP contribution in [0.4, 0.5) is 22.0 Å². The molecule has 0 heterocycles. The smallest absolute Gasteiger partial charge is 0.453 e. The highest BCUT2D eigenvalue weighted by molar-refractivity contribution is 7.85. The number of halogens is 5. The highest BCUT2D eigenvalue weighted by atomic mass is 32.2. The number of hydrogen-bond donors (Lipinski definition) is 2. The maximum atomic E-state index is 12.9. The van der Waals surface area contributed by atoms with Gasteiger partial charge in [0.1, 0.15) is 5.75 Å². The first-order valence-corrected chi connectivity index (χ1v) is 23.3. The first kappa shape index (κ1) is 43.7. The Morgan fingerprint density at radius 1 is 0.731 bits per heavy atom. The van der Waals surface area contributed by atoms with E-state index in [0.29, 0.717) is 41.6 Å². The van der Waals surface area contributed by atoms with Gasteiger partial charge in [0.05, 0.1) is 6.10 Å². The zero-order chi connectivity index (χ0) is 37.8. The number of aliphatic hydroxyl groups excluding tert-OH is 1. The van der Waals surface area contributed by atoms with Crippen molar-refractivity contribution in [1.82, 2.24) is 0 Å². The number of aromatic hydroxyl groups is 1. The van der Waals surface area contributed by atoms with E-state index in [9.17, 15) is 40.6 Å². The average molecular weight is 781 g/mol. The number of rotatable bonds is 24.